The Balaban J connectivity index is 1.98. The zero-order valence-corrected chi connectivity index (χ0v) is 14.9. The number of rotatable bonds is 3. The number of benzene rings is 3. The Morgan fingerprint density at radius 3 is 2.23 bits per heavy atom. The van der Waals surface area contributed by atoms with Crippen LogP contribution >= 0.6 is 0 Å². The van der Waals surface area contributed by atoms with Crippen molar-refractivity contribution < 1.29 is 30.7 Å². The zero-order chi connectivity index (χ0) is 21.6. The van der Waals surface area contributed by atoms with Crippen LogP contribution in [0.25, 0.3) is 22.2 Å². The Labute approximate surface area is 165 Å². The lowest BCUT2D eigenvalue weighted by molar-refractivity contribution is -0.136. The molecular formula is C21H11F7N2. The number of hydrogen-bond acceptors (Lipinski definition) is 1. The summed E-state index contributed by atoms with van der Waals surface area (Å²) in [5.41, 5.74) is -1.40. The highest BCUT2D eigenvalue weighted by atomic mass is 19.4. The van der Waals surface area contributed by atoms with E-state index < -0.39 is 40.5 Å². The summed E-state index contributed by atoms with van der Waals surface area (Å²) < 4.78 is 96.0. The fourth-order valence-corrected chi connectivity index (χ4v) is 3.25. The minimum Gasteiger partial charge on any atom is -0.259 e. The molecule has 0 aliphatic rings. The van der Waals surface area contributed by atoms with Crippen LogP contribution in [0.4, 0.5) is 30.7 Å². The van der Waals surface area contributed by atoms with Crippen LogP contribution in [-0.4, -0.2) is 9.78 Å². The monoisotopic (exact) mass is 424 g/mol. The molecule has 0 fully saturated rings. The highest BCUT2D eigenvalue weighted by molar-refractivity contribution is 5.95. The molecule has 1 heterocycles. The van der Waals surface area contributed by atoms with Gasteiger partial charge in [-0.25, -0.2) is 17.6 Å². The lowest BCUT2D eigenvalue weighted by Gasteiger charge is -2.10. The van der Waals surface area contributed by atoms with Gasteiger partial charge in [0.1, 0.15) is 17.2 Å². The molecule has 0 radical (unpaired) electrons. The van der Waals surface area contributed by atoms with Gasteiger partial charge < -0.3 is 0 Å². The van der Waals surface area contributed by atoms with Crippen LogP contribution in [0.2, 0.25) is 0 Å². The number of halogens is 7. The first-order chi connectivity index (χ1) is 14.1. The molecule has 0 amide bonds. The summed E-state index contributed by atoms with van der Waals surface area (Å²) in [7, 11) is 0. The first kappa shape index (κ1) is 19.9. The van der Waals surface area contributed by atoms with Crippen molar-refractivity contribution in [2.24, 2.45) is 0 Å². The van der Waals surface area contributed by atoms with Gasteiger partial charge in [-0.05, 0) is 30.3 Å². The number of alkyl halides is 3. The van der Waals surface area contributed by atoms with Gasteiger partial charge >= 0.3 is 6.18 Å². The summed E-state index contributed by atoms with van der Waals surface area (Å²) in [6.07, 6.45) is -4.72. The van der Waals surface area contributed by atoms with Gasteiger partial charge in [0.15, 0.2) is 11.6 Å². The molecule has 0 atom stereocenters. The SMILES string of the molecule is Fc1ccc(Cn2nc3c(C(F)(F)F)cccc3c2-c2ccc(F)c(F)c2)c(F)c1. The second kappa shape index (κ2) is 7.16. The van der Waals surface area contributed by atoms with E-state index in [9.17, 15) is 30.7 Å². The van der Waals surface area contributed by atoms with Crippen LogP contribution in [0.5, 0.6) is 0 Å². The molecule has 0 bridgehead atoms. The maximum atomic E-state index is 14.1. The predicted molar refractivity (Wildman–Crippen MR) is 95.5 cm³/mol. The molecule has 0 aliphatic carbocycles. The molecule has 30 heavy (non-hydrogen) atoms. The molecule has 9 heteroatoms. The molecule has 0 unspecified atom stereocenters. The predicted octanol–water partition coefficient (Wildman–Crippen LogP) is 6.33. The average Bonchev–Trinajstić information content (AvgIpc) is 3.03. The van der Waals surface area contributed by atoms with Crippen molar-refractivity contribution in [3.8, 4) is 11.3 Å². The van der Waals surface area contributed by atoms with E-state index in [4.69, 9.17) is 0 Å². The third-order valence-electron chi connectivity index (χ3n) is 4.60. The van der Waals surface area contributed by atoms with Crippen LogP contribution in [0.3, 0.4) is 0 Å². The van der Waals surface area contributed by atoms with Gasteiger partial charge in [0.05, 0.1) is 17.8 Å². The zero-order valence-electron chi connectivity index (χ0n) is 14.9. The molecule has 2 nitrogen and oxygen atoms in total. The Bertz CT molecular complexity index is 1260. The quantitative estimate of drug-likeness (QED) is 0.352. The van der Waals surface area contributed by atoms with Gasteiger partial charge in [-0.1, -0.05) is 18.2 Å². The van der Waals surface area contributed by atoms with E-state index in [1.54, 1.807) is 0 Å². The average molecular weight is 424 g/mol. The van der Waals surface area contributed by atoms with Crippen molar-refractivity contribution in [2.75, 3.05) is 0 Å². The minimum absolute atomic E-state index is 0.0263. The Morgan fingerprint density at radius 1 is 0.800 bits per heavy atom. The molecule has 0 saturated heterocycles. The van der Waals surface area contributed by atoms with Gasteiger partial charge in [0, 0.05) is 22.6 Å². The van der Waals surface area contributed by atoms with E-state index in [-0.39, 0.29) is 28.8 Å². The summed E-state index contributed by atoms with van der Waals surface area (Å²) >= 11 is 0. The third-order valence-corrected chi connectivity index (χ3v) is 4.60. The molecule has 0 N–H and O–H groups in total. The van der Waals surface area contributed by atoms with E-state index >= 15 is 0 Å². The molecule has 0 saturated carbocycles. The van der Waals surface area contributed by atoms with Crippen LogP contribution in [0.1, 0.15) is 11.1 Å². The summed E-state index contributed by atoms with van der Waals surface area (Å²) in [5, 5.41) is 4.01. The molecule has 0 spiro atoms. The second-order valence-electron chi connectivity index (χ2n) is 6.57. The summed E-state index contributed by atoms with van der Waals surface area (Å²) in [5.74, 6) is -4.06. The molecule has 154 valence electrons. The van der Waals surface area contributed by atoms with Crippen molar-refractivity contribution in [3.05, 3.63) is 89.0 Å². The topological polar surface area (TPSA) is 17.8 Å². The van der Waals surface area contributed by atoms with E-state index in [2.05, 4.69) is 5.10 Å². The summed E-state index contributed by atoms with van der Waals surface area (Å²) in [6, 6.07) is 8.97. The van der Waals surface area contributed by atoms with E-state index in [0.29, 0.717) is 6.07 Å². The van der Waals surface area contributed by atoms with E-state index in [0.717, 1.165) is 35.0 Å². The number of hydrogen-bond donors (Lipinski definition) is 0. The third kappa shape index (κ3) is 3.51. The van der Waals surface area contributed by atoms with Crippen molar-refractivity contribution in [1.29, 1.82) is 0 Å². The molecule has 4 rings (SSSR count). The van der Waals surface area contributed by atoms with E-state index in [1.165, 1.54) is 18.2 Å². The Hall–Kier alpha value is -3.36. The van der Waals surface area contributed by atoms with Crippen molar-refractivity contribution in [1.82, 2.24) is 9.78 Å². The van der Waals surface area contributed by atoms with Crippen molar-refractivity contribution in [3.63, 3.8) is 0 Å². The normalized spacial score (nSPS) is 12.0. The van der Waals surface area contributed by atoms with Gasteiger partial charge in [-0.3, -0.25) is 4.68 Å². The van der Waals surface area contributed by atoms with Crippen LogP contribution in [0, 0.1) is 23.3 Å². The smallest absolute Gasteiger partial charge is 0.259 e. The Kier molecular flexibility index (Phi) is 4.76. The van der Waals surface area contributed by atoms with Gasteiger partial charge in [-0.2, -0.15) is 18.3 Å². The standard InChI is InChI=1S/C21H11F7N2/c22-13-6-4-12(17(24)9-13)10-30-20(11-5-7-16(23)18(25)8-11)14-2-1-3-15(19(14)29-30)21(26,27)28/h1-9H,10H2. The molecule has 3 aromatic carbocycles. The van der Waals surface area contributed by atoms with Crippen LogP contribution in [-0.2, 0) is 12.7 Å². The highest BCUT2D eigenvalue weighted by Crippen LogP contribution is 2.38. The minimum atomic E-state index is -4.72. The summed E-state index contributed by atoms with van der Waals surface area (Å²) in [6.45, 7) is -0.355. The number of nitrogens with zero attached hydrogens (tertiary/aromatic N) is 2. The van der Waals surface area contributed by atoms with Gasteiger partial charge in [0.25, 0.3) is 0 Å². The number of fused-ring (bicyclic) bond motifs is 1. The fraction of sp³-hybridized carbons (Fsp3) is 0.0952. The second-order valence-corrected chi connectivity index (χ2v) is 6.57. The lowest BCUT2D eigenvalue weighted by Crippen LogP contribution is -2.07. The molecule has 1 aromatic heterocycles. The van der Waals surface area contributed by atoms with Gasteiger partial charge in [0.2, 0.25) is 0 Å². The molecular weight excluding hydrogens is 413 g/mol. The van der Waals surface area contributed by atoms with Crippen molar-refractivity contribution >= 4 is 10.9 Å². The maximum Gasteiger partial charge on any atom is 0.418 e. The largest absolute Gasteiger partial charge is 0.418 e. The first-order valence-electron chi connectivity index (χ1n) is 8.61. The first-order valence-corrected chi connectivity index (χ1v) is 8.61. The summed E-state index contributed by atoms with van der Waals surface area (Å²) in [4.78, 5) is 0. The van der Waals surface area contributed by atoms with E-state index in [1.807, 2.05) is 0 Å². The Morgan fingerprint density at radius 2 is 1.57 bits per heavy atom. The molecule has 4 aromatic rings. The lowest BCUT2D eigenvalue weighted by atomic mass is 10.0. The van der Waals surface area contributed by atoms with Gasteiger partial charge in [-0.15, -0.1) is 0 Å². The fourth-order valence-electron chi connectivity index (χ4n) is 3.25. The van der Waals surface area contributed by atoms with Crippen LogP contribution in [0.15, 0.2) is 54.6 Å². The number of aromatic nitrogens is 2. The highest BCUT2D eigenvalue weighted by Gasteiger charge is 2.34. The molecule has 0 aliphatic heterocycles. The van der Waals surface area contributed by atoms with Crippen molar-refractivity contribution in [2.45, 2.75) is 12.7 Å². The maximum absolute atomic E-state index is 14.1. The van der Waals surface area contributed by atoms with Crippen LogP contribution < -0.4 is 0 Å².